The summed E-state index contributed by atoms with van der Waals surface area (Å²) >= 11 is 0. The van der Waals surface area contributed by atoms with E-state index < -0.39 is 0 Å². The maximum Gasteiger partial charge on any atom is 0.123 e. The number of aliphatic hydroxyl groups excluding tert-OH is 1. The van der Waals surface area contributed by atoms with Gasteiger partial charge in [0.1, 0.15) is 5.75 Å². The summed E-state index contributed by atoms with van der Waals surface area (Å²) in [6, 6.07) is 8.18. The first kappa shape index (κ1) is 14.8. The Balaban J connectivity index is 1.61. The van der Waals surface area contributed by atoms with Crippen molar-refractivity contribution >= 4 is 0 Å². The number of piperidine rings is 1. The van der Waals surface area contributed by atoms with Crippen molar-refractivity contribution in [2.45, 2.75) is 43.9 Å². The van der Waals surface area contributed by atoms with Crippen LogP contribution in [0.25, 0.3) is 0 Å². The van der Waals surface area contributed by atoms with Crippen LogP contribution in [0.1, 0.15) is 31.2 Å². The largest absolute Gasteiger partial charge is 0.496 e. The number of hydrogen-bond donors (Lipinski definition) is 1. The molecule has 0 aliphatic carbocycles. The maximum absolute atomic E-state index is 10.3. The molecule has 116 valence electrons. The number of benzene rings is 1. The van der Waals surface area contributed by atoms with Gasteiger partial charge in [-0.2, -0.15) is 0 Å². The fraction of sp³-hybridized carbons (Fsp3) is 0.647. The van der Waals surface area contributed by atoms with Gasteiger partial charge in [0.25, 0.3) is 0 Å². The van der Waals surface area contributed by atoms with Crippen LogP contribution in [0.4, 0.5) is 0 Å². The summed E-state index contributed by atoms with van der Waals surface area (Å²) in [5.41, 5.74) is 0.941. The Morgan fingerprint density at radius 2 is 2.10 bits per heavy atom. The minimum absolute atomic E-state index is 0.282. The fourth-order valence-corrected chi connectivity index (χ4v) is 3.55. The highest BCUT2D eigenvalue weighted by Crippen LogP contribution is 2.35. The number of likely N-dealkylation sites (tertiary alicyclic amines) is 1. The number of rotatable bonds is 3. The lowest BCUT2D eigenvalue weighted by atomic mass is 9.82. The Morgan fingerprint density at radius 3 is 2.81 bits per heavy atom. The molecule has 1 N–H and O–H groups in total. The molecule has 1 unspecified atom stereocenters. The van der Waals surface area contributed by atoms with E-state index in [1.807, 2.05) is 12.1 Å². The smallest absolute Gasteiger partial charge is 0.123 e. The van der Waals surface area contributed by atoms with E-state index in [0.29, 0.717) is 0 Å². The zero-order valence-corrected chi connectivity index (χ0v) is 12.8. The Kier molecular flexibility index (Phi) is 4.48. The Labute approximate surface area is 126 Å². The Morgan fingerprint density at radius 1 is 1.33 bits per heavy atom. The first-order valence-electron chi connectivity index (χ1n) is 7.90. The van der Waals surface area contributed by atoms with Gasteiger partial charge in [-0.25, -0.2) is 0 Å². The lowest BCUT2D eigenvalue weighted by Gasteiger charge is -2.46. The summed E-state index contributed by atoms with van der Waals surface area (Å²) in [5.74, 6) is 0.951. The number of para-hydroxylation sites is 1. The van der Waals surface area contributed by atoms with Crippen LogP contribution in [-0.2, 0) is 11.3 Å². The molecule has 2 aliphatic heterocycles. The predicted molar refractivity (Wildman–Crippen MR) is 81.4 cm³/mol. The summed E-state index contributed by atoms with van der Waals surface area (Å²) in [6.07, 6.45) is 3.41. The monoisotopic (exact) mass is 291 g/mol. The van der Waals surface area contributed by atoms with Crippen molar-refractivity contribution in [1.29, 1.82) is 0 Å². The van der Waals surface area contributed by atoms with Gasteiger partial charge in [0, 0.05) is 31.8 Å². The third kappa shape index (κ3) is 3.07. The van der Waals surface area contributed by atoms with E-state index in [-0.39, 0.29) is 11.7 Å². The molecule has 0 radical (unpaired) electrons. The zero-order valence-electron chi connectivity index (χ0n) is 12.8. The highest BCUT2D eigenvalue weighted by atomic mass is 16.5. The van der Waals surface area contributed by atoms with E-state index >= 15 is 0 Å². The van der Waals surface area contributed by atoms with Crippen molar-refractivity contribution in [1.82, 2.24) is 4.90 Å². The van der Waals surface area contributed by atoms with Crippen molar-refractivity contribution in [3.63, 3.8) is 0 Å². The van der Waals surface area contributed by atoms with E-state index in [0.717, 1.165) is 57.7 Å². The van der Waals surface area contributed by atoms with E-state index in [2.05, 4.69) is 17.0 Å². The second-order valence-corrected chi connectivity index (χ2v) is 6.16. The van der Waals surface area contributed by atoms with Gasteiger partial charge < -0.3 is 14.6 Å². The highest BCUT2D eigenvalue weighted by molar-refractivity contribution is 5.33. The zero-order chi connectivity index (χ0) is 14.7. The quantitative estimate of drug-likeness (QED) is 0.927. The molecule has 4 heteroatoms. The van der Waals surface area contributed by atoms with Crippen LogP contribution in [0.2, 0.25) is 0 Å². The third-order valence-corrected chi connectivity index (χ3v) is 4.91. The molecule has 0 bridgehead atoms. The van der Waals surface area contributed by atoms with Crippen LogP contribution in [0, 0.1) is 0 Å². The van der Waals surface area contributed by atoms with Crippen LogP contribution >= 0.6 is 0 Å². The molecule has 0 aromatic heterocycles. The third-order valence-electron chi connectivity index (χ3n) is 4.91. The van der Waals surface area contributed by atoms with Crippen LogP contribution < -0.4 is 4.74 Å². The van der Waals surface area contributed by atoms with Crippen LogP contribution in [0.3, 0.4) is 0 Å². The molecule has 4 nitrogen and oxygen atoms in total. The Bertz CT molecular complexity index is 469. The van der Waals surface area contributed by atoms with Crippen molar-refractivity contribution in [2.24, 2.45) is 0 Å². The Hall–Kier alpha value is -1.10. The number of ether oxygens (including phenoxy) is 2. The molecular formula is C17H25NO3. The van der Waals surface area contributed by atoms with Gasteiger partial charge in [-0.05, 0) is 31.7 Å². The number of aliphatic hydroxyl groups is 1. The molecule has 2 aliphatic rings. The molecule has 1 aromatic carbocycles. The van der Waals surface area contributed by atoms with Gasteiger partial charge in [0.15, 0.2) is 0 Å². The molecular weight excluding hydrogens is 266 g/mol. The van der Waals surface area contributed by atoms with E-state index in [9.17, 15) is 5.11 Å². The lowest BCUT2D eigenvalue weighted by molar-refractivity contribution is -0.177. The van der Waals surface area contributed by atoms with Crippen LogP contribution in [0.5, 0.6) is 5.75 Å². The van der Waals surface area contributed by atoms with E-state index in [1.165, 1.54) is 5.56 Å². The van der Waals surface area contributed by atoms with Crippen molar-refractivity contribution < 1.29 is 14.6 Å². The number of methoxy groups -OCH3 is 1. The summed E-state index contributed by atoms with van der Waals surface area (Å²) in [5, 5.41) is 10.3. The SMILES string of the molecule is COc1ccccc1CN1CCC2(CC1)OCCCC2O. The molecule has 1 aromatic rings. The molecule has 1 atom stereocenters. The second-order valence-electron chi connectivity index (χ2n) is 6.16. The second kappa shape index (κ2) is 6.34. The summed E-state index contributed by atoms with van der Waals surface area (Å²) < 4.78 is 11.4. The molecule has 0 amide bonds. The van der Waals surface area contributed by atoms with Gasteiger partial charge in [0.2, 0.25) is 0 Å². The van der Waals surface area contributed by atoms with E-state index in [4.69, 9.17) is 9.47 Å². The summed E-state index contributed by atoms with van der Waals surface area (Å²) in [6.45, 7) is 3.63. The standard InChI is InChI=1S/C17H25NO3/c1-20-15-6-3-2-5-14(15)13-18-10-8-17(9-11-18)16(19)7-4-12-21-17/h2-3,5-6,16,19H,4,7-13H2,1H3. The highest BCUT2D eigenvalue weighted by Gasteiger charge is 2.43. The van der Waals surface area contributed by atoms with Gasteiger partial charge in [-0.1, -0.05) is 18.2 Å². The first-order chi connectivity index (χ1) is 10.2. The van der Waals surface area contributed by atoms with Crippen LogP contribution in [-0.4, -0.2) is 48.5 Å². The molecule has 0 saturated carbocycles. The number of hydrogen-bond acceptors (Lipinski definition) is 4. The van der Waals surface area contributed by atoms with Gasteiger partial charge >= 0.3 is 0 Å². The summed E-state index contributed by atoms with van der Waals surface area (Å²) in [7, 11) is 1.72. The normalized spacial score (nSPS) is 25.9. The lowest BCUT2D eigenvalue weighted by Crippen LogP contribution is -2.55. The maximum atomic E-state index is 10.3. The van der Waals surface area contributed by atoms with Gasteiger partial charge in [-0.3, -0.25) is 4.90 Å². The molecule has 21 heavy (non-hydrogen) atoms. The van der Waals surface area contributed by atoms with Crippen molar-refractivity contribution in [3.8, 4) is 5.75 Å². The minimum atomic E-state index is -0.292. The van der Waals surface area contributed by atoms with Crippen molar-refractivity contribution in [2.75, 3.05) is 26.8 Å². The van der Waals surface area contributed by atoms with Crippen LogP contribution in [0.15, 0.2) is 24.3 Å². The average Bonchev–Trinajstić information content (AvgIpc) is 2.53. The molecule has 3 rings (SSSR count). The fourth-order valence-electron chi connectivity index (χ4n) is 3.55. The predicted octanol–water partition coefficient (Wildman–Crippen LogP) is 2.20. The number of nitrogens with zero attached hydrogens (tertiary/aromatic N) is 1. The van der Waals surface area contributed by atoms with Crippen molar-refractivity contribution in [3.05, 3.63) is 29.8 Å². The molecule has 2 saturated heterocycles. The first-order valence-corrected chi connectivity index (χ1v) is 7.90. The molecule has 1 spiro atoms. The molecule has 2 fully saturated rings. The molecule has 2 heterocycles. The topological polar surface area (TPSA) is 41.9 Å². The van der Waals surface area contributed by atoms with Gasteiger partial charge in [0.05, 0.1) is 18.8 Å². The van der Waals surface area contributed by atoms with E-state index in [1.54, 1.807) is 7.11 Å². The minimum Gasteiger partial charge on any atom is -0.496 e. The van der Waals surface area contributed by atoms with Gasteiger partial charge in [-0.15, -0.1) is 0 Å². The average molecular weight is 291 g/mol. The summed E-state index contributed by atoms with van der Waals surface area (Å²) in [4.78, 5) is 2.42.